The van der Waals surface area contributed by atoms with Crippen molar-refractivity contribution in [2.24, 2.45) is 0 Å². The molecule has 0 aliphatic carbocycles. The number of pyridine rings is 1. The molecule has 190 valence electrons. The van der Waals surface area contributed by atoms with Crippen LogP contribution in [0.4, 0.5) is 0 Å². The Kier molecular flexibility index (Phi) is 10.4. The third-order valence-electron chi connectivity index (χ3n) is 6.70. The van der Waals surface area contributed by atoms with E-state index in [-0.39, 0.29) is 5.91 Å². The molecular formula is C32H37N3OP+. The fourth-order valence-corrected chi connectivity index (χ4v) is 9.23. The lowest BCUT2D eigenvalue weighted by molar-refractivity contribution is 0.0953. The van der Waals surface area contributed by atoms with Gasteiger partial charge in [-0.1, -0.05) is 61.0 Å². The van der Waals surface area contributed by atoms with Crippen molar-refractivity contribution in [3.63, 3.8) is 0 Å². The van der Waals surface area contributed by atoms with Crippen LogP contribution in [0.15, 0.2) is 116 Å². The van der Waals surface area contributed by atoms with Gasteiger partial charge in [-0.05, 0) is 74.3 Å². The maximum absolute atomic E-state index is 12.1. The minimum Gasteiger partial charge on any atom is -0.351 e. The molecule has 0 fully saturated rings. The SMILES string of the molecule is O=C(NCCNCCCCCC[P+](c1ccccc1)(c1ccccc1)c1ccccc1)c1cccnc1. The molecule has 0 saturated heterocycles. The highest BCUT2D eigenvalue weighted by molar-refractivity contribution is 7.95. The van der Waals surface area contributed by atoms with Crippen molar-refractivity contribution in [3.05, 3.63) is 121 Å². The summed E-state index contributed by atoms with van der Waals surface area (Å²) in [6.07, 6.45) is 9.20. The molecule has 4 nitrogen and oxygen atoms in total. The smallest absolute Gasteiger partial charge is 0.252 e. The molecule has 37 heavy (non-hydrogen) atoms. The number of unbranched alkanes of at least 4 members (excludes halogenated alkanes) is 3. The number of hydrogen-bond acceptors (Lipinski definition) is 3. The molecule has 0 radical (unpaired) electrons. The second-order valence-electron chi connectivity index (χ2n) is 9.20. The van der Waals surface area contributed by atoms with E-state index in [9.17, 15) is 4.79 Å². The zero-order chi connectivity index (χ0) is 25.6. The summed E-state index contributed by atoms with van der Waals surface area (Å²) in [6, 6.07) is 36.9. The quantitative estimate of drug-likeness (QED) is 0.186. The largest absolute Gasteiger partial charge is 0.351 e. The van der Waals surface area contributed by atoms with E-state index in [0.717, 1.165) is 19.5 Å². The standard InChI is InChI=1S/C32H36N3OP/c36-32(28-15-14-23-34-27-28)35-25-24-33-22-12-1-2-13-26-37(29-16-6-3-7-17-29,30-18-8-4-9-19-30)31-20-10-5-11-21-31/h3-11,14-21,23,27,33H,1-2,12-13,22,24-26H2/p+1. The van der Waals surface area contributed by atoms with Gasteiger partial charge in [-0.3, -0.25) is 9.78 Å². The lowest BCUT2D eigenvalue weighted by Gasteiger charge is -2.27. The van der Waals surface area contributed by atoms with Crippen LogP contribution >= 0.6 is 7.26 Å². The van der Waals surface area contributed by atoms with E-state index in [1.807, 2.05) is 0 Å². The van der Waals surface area contributed by atoms with Gasteiger partial charge in [-0.15, -0.1) is 0 Å². The van der Waals surface area contributed by atoms with Crippen molar-refractivity contribution in [2.45, 2.75) is 25.7 Å². The van der Waals surface area contributed by atoms with Crippen molar-refractivity contribution in [1.29, 1.82) is 0 Å². The third-order valence-corrected chi connectivity index (χ3v) is 11.2. The normalized spacial score (nSPS) is 11.2. The number of nitrogens with zero attached hydrogens (tertiary/aromatic N) is 1. The van der Waals surface area contributed by atoms with E-state index in [2.05, 4.69) is 107 Å². The van der Waals surface area contributed by atoms with Crippen LogP contribution in [0.2, 0.25) is 0 Å². The van der Waals surface area contributed by atoms with Crippen LogP contribution in [0, 0.1) is 0 Å². The predicted octanol–water partition coefficient (Wildman–Crippen LogP) is 4.96. The first-order valence-electron chi connectivity index (χ1n) is 13.2. The van der Waals surface area contributed by atoms with Crippen LogP contribution in [-0.2, 0) is 0 Å². The van der Waals surface area contributed by atoms with Crippen LogP contribution < -0.4 is 26.5 Å². The van der Waals surface area contributed by atoms with Crippen LogP contribution in [0.1, 0.15) is 36.0 Å². The summed E-state index contributed by atoms with van der Waals surface area (Å²) in [5, 5.41) is 10.8. The van der Waals surface area contributed by atoms with Gasteiger partial charge < -0.3 is 10.6 Å². The van der Waals surface area contributed by atoms with Gasteiger partial charge in [0.1, 0.15) is 23.2 Å². The van der Waals surface area contributed by atoms with Gasteiger partial charge in [0.25, 0.3) is 5.91 Å². The molecule has 0 unspecified atom stereocenters. The zero-order valence-electron chi connectivity index (χ0n) is 21.4. The topological polar surface area (TPSA) is 54.0 Å². The maximum atomic E-state index is 12.1. The highest BCUT2D eigenvalue weighted by Gasteiger charge is 2.44. The summed E-state index contributed by atoms with van der Waals surface area (Å²) in [5.41, 5.74) is 0.600. The van der Waals surface area contributed by atoms with Gasteiger partial charge >= 0.3 is 0 Å². The Morgan fingerprint density at radius 3 is 1.73 bits per heavy atom. The van der Waals surface area contributed by atoms with Crippen molar-refractivity contribution in [2.75, 3.05) is 25.8 Å². The van der Waals surface area contributed by atoms with Crippen LogP contribution in [0.5, 0.6) is 0 Å². The third kappa shape index (κ3) is 7.35. The minimum atomic E-state index is -1.72. The maximum Gasteiger partial charge on any atom is 0.252 e. The minimum absolute atomic E-state index is 0.0723. The Bertz CT molecular complexity index is 1090. The molecule has 0 spiro atoms. The molecule has 4 aromatic rings. The van der Waals surface area contributed by atoms with Crippen molar-refractivity contribution in [3.8, 4) is 0 Å². The van der Waals surface area contributed by atoms with E-state index >= 15 is 0 Å². The molecule has 2 N–H and O–H groups in total. The molecule has 4 rings (SSSR count). The number of hydrogen-bond donors (Lipinski definition) is 2. The molecule has 1 amide bonds. The predicted molar refractivity (Wildman–Crippen MR) is 158 cm³/mol. The lowest BCUT2D eigenvalue weighted by Crippen LogP contribution is -2.33. The monoisotopic (exact) mass is 510 g/mol. The molecule has 1 heterocycles. The summed E-state index contributed by atoms with van der Waals surface area (Å²) in [5.74, 6) is -0.0723. The Morgan fingerprint density at radius 2 is 1.19 bits per heavy atom. The second-order valence-corrected chi connectivity index (χ2v) is 12.8. The average molecular weight is 511 g/mol. The summed E-state index contributed by atoms with van der Waals surface area (Å²) in [6.45, 7) is 2.36. The van der Waals surface area contributed by atoms with E-state index in [0.29, 0.717) is 12.1 Å². The summed E-state index contributed by atoms with van der Waals surface area (Å²) in [7, 11) is -1.72. The van der Waals surface area contributed by atoms with Gasteiger partial charge in [0.2, 0.25) is 0 Å². The zero-order valence-corrected chi connectivity index (χ0v) is 22.3. The second kappa shape index (κ2) is 14.4. The summed E-state index contributed by atoms with van der Waals surface area (Å²) in [4.78, 5) is 16.1. The lowest BCUT2D eigenvalue weighted by atomic mass is 10.2. The average Bonchev–Trinajstić information content (AvgIpc) is 2.98. The van der Waals surface area contributed by atoms with Crippen LogP contribution in [0.25, 0.3) is 0 Å². The first-order valence-corrected chi connectivity index (χ1v) is 15.2. The highest BCUT2D eigenvalue weighted by atomic mass is 31.2. The number of nitrogens with one attached hydrogen (secondary N) is 2. The number of aromatic nitrogens is 1. The number of carbonyl (C=O) groups is 1. The number of carbonyl (C=O) groups excluding carboxylic acids is 1. The molecule has 0 aliphatic rings. The molecule has 0 aliphatic heterocycles. The van der Waals surface area contributed by atoms with Gasteiger partial charge in [0.05, 0.1) is 11.7 Å². The van der Waals surface area contributed by atoms with E-state index in [1.165, 1.54) is 41.3 Å². The summed E-state index contributed by atoms with van der Waals surface area (Å²) >= 11 is 0. The van der Waals surface area contributed by atoms with Crippen LogP contribution in [0.3, 0.4) is 0 Å². The van der Waals surface area contributed by atoms with Gasteiger partial charge in [0.15, 0.2) is 0 Å². The van der Waals surface area contributed by atoms with E-state index in [1.54, 1.807) is 24.5 Å². The number of rotatable bonds is 14. The Hall–Kier alpha value is -3.33. The van der Waals surface area contributed by atoms with Crippen molar-refractivity contribution in [1.82, 2.24) is 15.6 Å². The summed E-state index contributed by atoms with van der Waals surface area (Å²) < 4.78 is 0. The van der Waals surface area contributed by atoms with Crippen molar-refractivity contribution < 1.29 is 4.79 Å². The molecule has 5 heteroatoms. The highest BCUT2D eigenvalue weighted by Crippen LogP contribution is 2.55. The fraction of sp³-hybridized carbons (Fsp3) is 0.250. The Balaban J connectivity index is 1.27. The number of benzene rings is 3. The molecule has 0 saturated carbocycles. The van der Waals surface area contributed by atoms with Gasteiger partial charge in [-0.25, -0.2) is 0 Å². The fourth-order valence-electron chi connectivity index (χ4n) is 4.82. The Labute approximate surface area is 221 Å². The van der Waals surface area contributed by atoms with Gasteiger partial charge in [0, 0.05) is 25.5 Å². The molecule has 0 atom stereocenters. The van der Waals surface area contributed by atoms with E-state index < -0.39 is 7.26 Å². The van der Waals surface area contributed by atoms with Crippen molar-refractivity contribution >= 4 is 29.1 Å². The number of amides is 1. The first-order chi connectivity index (χ1) is 18.3. The first kappa shape index (κ1) is 26.7. The molecule has 1 aromatic heterocycles. The Morgan fingerprint density at radius 1 is 0.622 bits per heavy atom. The molecular weight excluding hydrogens is 473 g/mol. The molecule has 0 bridgehead atoms. The van der Waals surface area contributed by atoms with Gasteiger partial charge in [-0.2, -0.15) is 0 Å². The van der Waals surface area contributed by atoms with Crippen LogP contribution in [-0.4, -0.2) is 36.7 Å². The molecule has 3 aromatic carbocycles. The van der Waals surface area contributed by atoms with E-state index in [4.69, 9.17) is 0 Å².